The van der Waals surface area contributed by atoms with E-state index in [0.717, 1.165) is 0 Å². The molecule has 0 heterocycles. The molecule has 12 radical (unpaired) electrons. The van der Waals surface area contributed by atoms with Crippen LogP contribution in [0.3, 0.4) is 0 Å². The fourth-order valence-corrected chi connectivity index (χ4v) is 1.45. The highest BCUT2D eigenvalue weighted by Gasteiger charge is 2.10. The Bertz CT molecular complexity index is 87.0. The SMILES string of the molecule is [B]B([B])[P-]B(B([B])[B])B([B])[B]. The summed E-state index contributed by atoms with van der Waals surface area (Å²) in [5.74, 6) is 0. The Labute approximate surface area is 80.3 Å². The zero-order valence-corrected chi connectivity index (χ0v) is 7.12. The lowest BCUT2D eigenvalue weighted by molar-refractivity contribution is 3.64. The van der Waals surface area contributed by atoms with Crippen molar-refractivity contribution in [2.45, 2.75) is 0 Å². The van der Waals surface area contributed by atoms with Gasteiger partial charge in [0.2, 0.25) is 0 Å². The third-order valence-corrected chi connectivity index (χ3v) is 2.51. The van der Waals surface area contributed by atoms with Crippen LogP contribution in [-0.2, 0) is 0 Å². The monoisotopic (exact) mass is 141 g/mol. The largest absolute Gasteiger partial charge is 0.629 e. The van der Waals surface area contributed by atoms with E-state index in [0.29, 0.717) is 8.34 Å². The fraction of sp³-hybridized carbons (Fsp3) is 0. The Morgan fingerprint density at radius 2 is 1.09 bits per heavy atom. The predicted octanol–water partition coefficient (Wildman–Crippen LogP) is -2.95. The molecule has 0 aromatic carbocycles. The summed E-state index contributed by atoms with van der Waals surface area (Å²) in [7, 11) is 32.9. The molecule has 0 atom stereocenters. The first kappa shape index (κ1) is 12.1. The molecule has 0 saturated carbocycles. The summed E-state index contributed by atoms with van der Waals surface area (Å²) in [6.07, 6.45) is -1.91. The Hall–Kier alpha value is 1.08. The van der Waals surface area contributed by atoms with Crippen LogP contribution in [0.25, 0.3) is 0 Å². The molecule has 0 rings (SSSR count). The Balaban J connectivity index is 3.90. The van der Waals surface area contributed by atoms with Crippen LogP contribution in [0.15, 0.2) is 0 Å². The molecular weight excluding hydrogens is 139 g/mol. The van der Waals surface area contributed by atoms with Crippen molar-refractivity contribution >= 4 is 80.0 Å². The Morgan fingerprint density at radius 1 is 0.727 bits per heavy atom. The van der Waals surface area contributed by atoms with Crippen molar-refractivity contribution in [3.05, 3.63) is 0 Å². The van der Waals surface area contributed by atoms with E-state index >= 15 is 0 Å². The first-order chi connectivity index (χ1) is 4.95. The van der Waals surface area contributed by atoms with Crippen LogP contribution in [0, 0.1) is 0 Å². The lowest BCUT2D eigenvalue weighted by Crippen LogP contribution is -2.49. The van der Waals surface area contributed by atoms with E-state index in [9.17, 15) is 0 Å². The third-order valence-electron chi connectivity index (χ3n) is 1.13. The topological polar surface area (TPSA) is 0 Å². The summed E-state index contributed by atoms with van der Waals surface area (Å²) in [5, 5.41) is 0. The van der Waals surface area contributed by atoms with Gasteiger partial charge >= 0.3 is 0 Å². The summed E-state index contributed by atoms with van der Waals surface area (Å²) < 4.78 is 0. The van der Waals surface area contributed by atoms with Crippen LogP contribution < -0.4 is 0 Å². The van der Waals surface area contributed by atoms with Gasteiger partial charge in [0.1, 0.15) is 0 Å². The lowest BCUT2D eigenvalue weighted by Gasteiger charge is -2.39. The Kier molecular flexibility index (Phi) is 6.24. The van der Waals surface area contributed by atoms with Crippen molar-refractivity contribution in [2.75, 3.05) is 0 Å². The van der Waals surface area contributed by atoms with Gasteiger partial charge in [-0.1, -0.05) is 0 Å². The maximum absolute atomic E-state index is 5.39. The highest BCUT2D eigenvalue weighted by atomic mass is 31.1. The van der Waals surface area contributed by atoms with Crippen molar-refractivity contribution < 1.29 is 0 Å². The average Bonchev–Trinajstić information content (AvgIpc) is 1.81. The maximum atomic E-state index is 5.39. The molecule has 0 nitrogen and oxygen atoms in total. The van der Waals surface area contributed by atoms with Gasteiger partial charge in [0, 0.05) is 0 Å². The van der Waals surface area contributed by atoms with E-state index in [4.69, 9.17) is 46.4 Å². The molecule has 11 heteroatoms. The molecule has 0 N–H and O–H groups in total. The van der Waals surface area contributed by atoms with Gasteiger partial charge in [-0.25, -0.2) is 0 Å². The molecule has 0 amide bonds. The van der Waals surface area contributed by atoms with Crippen molar-refractivity contribution in [1.82, 2.24) is 0 Å². The van der Waals surface area contributed by atoms with E-state index in [1.54, 1.807) is 0 Å². The van der Waals surface area contributed by atoms with Crippen molar-refractivity contribution in [2.24, 2.45) is 0 Å². The minimum atomic E-state index is -0.578. The molecule has 0 unspecified atom stereocenters. The van der Waals surface area contributed by atoms with Gasteiger partial charge in [-0.3, -0.25) is 0 Å². The summed E-state index contributed by atoms with van der Waals surface area (Å²) >= 11 is 0. The molecule has 0 aromatic heterocycles. The number of hydrogen-bond acceptors (Lipinski definition) is 0. The lowest BCUT2D eigenvalue weighted by atomic mass is 8.80. The van der Waals surface area contributed by atoms with E-state index in [2.05, 4.69) is 0 Å². The standard InChI is InChI=1S/B10P/c1-7(2)10(8(3)4)11-9(5)6/q-1. The first-order valence-electron chi connectivity index (χ1n) is 3.18. The third kappa shape index (κ3) is 5.34. The van der Waals surface area contributed by atoms with Crippen molar-refractivity contribution in [3.63, 3.8) is 0 Å². The molecule has 0 aliphatic heterocycles. The molecule has 0 aromatic rings. The minimum Gasteiger partial charge on any atom is -0.629 e. The van der Waals surface area contributed by atoms with Gasteiger partial charge in [-0.15, -0.1) is 12.4 Å². The smallest absolute Gasteiger partial charge is 0.00205 e. The van der Waals surface area contributed by atoms with Crippen LogP contribution in [0.1, 0.15) is 0 Å². The molecule has 0 bridgehead atoms. The maximum Gasteiger partial charge on any atom is -0.00205 e. The zero-order chi connectivity index (χ0) is 9.02. The van der Waals surface area contributed by atoms with Crippen molar-refractivity contribution in [3.8, 4) is 0 Å². The van der Waals surface area contributed by atoms with E-state index in [1.807, 2.05) is 0 Å². The summed E-state index contributed by atoms with van der Waals surface area (Å²) in [4.78, 5) is 0. The second-order valence-electron chi connectivity index (χ2n) is 2.28. The first-order valence-corrected chi connectivity index (χ1v) is 4.22. The Morgan fingerprint density at radius 3 is 1.18 bits per heavy atom. The van der Waals surface area contributed by atoms with Gasteiger partial charge in [0.05, 0.1) is 0 Å². The molecule has 0 fully saturated rings. The average molecular weight is 139 g/mol. The molecule has 0 aliphatic rings. The van der Waals surface area contributed by atoms with Gasteiger partial charge in [-0.05, 0) is 59.2 Å². The molecule has 11 heavy (non-hydrogen) atoms. The van der Waals surface area contributed by atoms with Crippen LogP contribution in [0.4, 0.5) is 0 Å². The molecule has 0 saturated heterocycles. The van der Waals surface area contributed by atoms with Gasteiger partial charge in [-0.2, -0.15) is 0 Å². The number of hydrogen-bond donors (Lipinski definition) is 0. The van der Waals surface area contributed by atoms with E-state index in [1.165, 1.54) is 0 Å². The summed E-state index contributed by atoms with van der Waals surface area (Å²) in [6, 6.07) is 0. The normalized spacial score (nSPS) is 9.82. The number of rotatable bonds is 4. The quantitative estimate of drug-likeness (QED) is 0.288. The van der Waals surface area contributed by atoms with E-state index < -0.39 is 19.0 Å². The minimum absolute atomic E-state index is 0.255. The summed E-state index contributed by atoms with van der Waals surface area (Å²) in [5.41, 5.74) is 0. The predicted molar refractivity (Wildman–Crippen MR) is 64.5 cm³/mol. The van der Waals surface area contributed by atoms with Gasteiger partial charge in [0.25, 0.3) is 0 Å². The van der Waals surface area contributed by atoms with Crippen molar-refractivity contribution in [1.29, 1.82) is 0 Å². The van der Waals surface area contributed by atoms with Gasteiger partial charge in [0.15, 0.2) is 0 Å². The van der Waals surface area contributed by atoms with Gasteiger partial charge < -0.3 is 8.34 Å². The summed E-state index contributed by atoms with van der Waals surface area (Å²) in [6.45, 7) is 0. The highest BCUT2D eigenvalue weighted by molar-refractivity contribution is 8.26. The van der Waals surface area contributed by atoms with Crippen LogP contribution in [-0.4, -0.2) is 71.6 Å². The zero-order valence-electron chi connectivity index (χ0n) is 6.22. The van der Waals surface area contributed by atoms with Crippen LogP contribution >= 0.6 is 8.34 Å². The molecule has 0 aliphatic carbocycles. The second-order valence-corrected chi connectivity index (χ2v) is 3.78. The van der Waals surface area contributed by atoms with E-state index in [-0.39, 0.29) is 6.21 Å². The van der Waals surface area contributed by atoms with Crippen LogP contribution in [0.5, 0.6) is 0 Å². The molecular formula is B10P-. The fourth-order valence-electron chi connectivity index (χ4n) is 0.654. The molecule has 36 valence electrons. The van der Waals surface area contributed by atoms with Crippen LogP contribution in [0.2, 0.25) is 0 Å². The highest BCUT2D eigenvalue weighted by Crippen LogP contribution is 2.16. The second kappa shape index (κ2) is 5.68. The molecule has 0 spiro atoms.